The lowest BCUT2D eigenvalue weighted by molar-refractivity contribution is -0.274. The van der Waals surface area contributed by atoms with Gasteiger partial charge in [-0.15, -0.1) is 13.2 Å². The zero-order valence-electron chi connectivity index (χ0n) is 10.7. The highest BCUT2D eigenvalue weighted by Gasteiger charge is 2.31. The van der Waals surface area contributed by atoms with Crippen LogP contribution in [0.15, 0.2) is 42.5 Å². The SMILES string of the molecule is COc1ccc(Cc2cc[c]c(OC(F)(F)F)c2)cc1. The fourth-order valence-electron chi connectivity index (χ4n) is 1.76. The number of ether oxygens (including phenoxy) is 2. The molecule has 0 unspecified atom stereocenters. The van der Waals surface area contributed by atoms with Crippen molar-refractivity contribution >= 4 is 0 Å². The topological polar surface area (TPSA) is 18.5 Å². The highest BCUT2D eigenvalue weighted by atomic mass is 19.4. The first-order valence-corrected chi connectivity index (χ1v) is 5.85. The quantitative estimate of drug-likeness (QED) is 0.843. The maximum absolute atomic E-state index is 12.1. The average Bonchev–Trinajstić information content (AvgIpc) is 2.38. The molecule has 105 valence electrons. The van der Waals surface area contributed by atoms with Crippen LogP contribution in [0.4, 0.5) is 13.2 Å². The van der Waals surface area contributed by atoms with Crippen LogP contribution in [0, 0.1) is 6.07 Å². The molecule has 0 aliphatic rings. The molecule has 2 aromatic rings. The lowest BCUT2D eigenvalue weighted by Crippen LogP contribution is -2.17. The Labute approximate surface area is 114 Å². The molecule has 0 spiro atoms. The molecular weight excluding hydrogens is 269 g/mol. The van der Waals surface area contributed by atoms with Crippen LogP contribution in [-0.2, 0) is 6.42 Å². The Morgan fingerprint density at radius 1 is 1.05 bits per heavy atom. The summed E-state index contributed by atoms with van der Waals surface area (Å²) in [4.78, 5) is 0. The first kappa shape index (κ1) is 14.2. The molecule has 0 heterocycles. The number of hydrogen-bond donors (Lipinski definition) is 0. The van der Waals surface area contributed by atoms with Gasteiger partial charge in [0.15, 0.2) is 0 Å². The second-order valence-corrected chi connectivity index (χ2v) is 4.13. The number of methoxy groups -OCH3 is 1. The van der Waals surface area contributed by atoms with Crippen molar-refractivity contribution in [2.24, 2.45) is 0 Å². The van der Waals surface area contributed by atoms with E-state index in [9.17, 15) is 13.2 Å². The van der Waals surface area contributed by atoms with Crippen LogP contribution in [-0.4, -0.2) is 13.5 Å². The van der Waals surface area contributed by atoms with Gasteiger partial charge in [-0.25, -0.2) is 0 Å². The molecule has 2 rings (SSSR count). The van der Waals surface area contributed by atoms with E-state index in [4.69, 9.17) is 4.74 Å². The Kier molecular flexibility index (Phi) is 4.17. The summed E-state index contributed by atoms with van der Waals surface area (Å²) in [7, 11) is 1.57. The highest BCUT2D eigenvalue weighted by Crippen LogP contribution is 2.24. The van der Waals surface area contributed by atoms with Gasteiger partial charge in [-0.3, -0.25) is 0 Å². The molecule has 0 amide bonds. The van der Waals surface area contributed by atoms with Crippen LogP contribution < -0.4 is 9.47 Å². The summed E-state index contributed by atoms with van der Waals surface area (Å²) < 4.78 is 45.3. The fourth-order valence-corrected chi connectivity index (χ4v) is 1.76. The standard InChI is InChI=1S/C15H12F3O2/c1-19-13-7-5-11(6-8-13)9-12-3-2-4-14(10-12)20-15(16,17)18/h2-3,5-8,10H,9H2,1H3. The van der Waals surface area contributed by atoms with Gasteiger partial charge in [0.05, 0.1) is 7.11 Å². The summed E-state index contributed by atoms with van der Waals surface area (Å²) in [5.74, 6) is 0.403. The van der Waals surface area contributed by atoms with Crippen molar-refractivity contribution in [3.63, 3.8) is 0 Å². The normalized spacial score (nSPS) is 11.2. The lowest BCUT2D eigenvalue weighted by Gasteiger charge is -2.10. The molecule has 0 aliphatic carbocycles. The second kappa shape index (κ2) is 5.86. The number of halogens is 3. The molecule has 0 aliphatic heterocycles. The smallest absolute Gasteiger partial charge is 0.497 e. The van der Waals surface area contributed by atoms with E-state index < -0.39 is 6.36 Å². The minimum atomic E-state index is -4.70. The first-order chi connectivity index (χ1) is 9.46. The molecular formula is C15H12F3O2. The Morgan fingerprint density at radius 3 is 2.35 bits per heavy atom. The molecule has 0 N–H and O–H groups in total. The Balaban J connectivity index is 2.10. The van der Waals surface area contributed by atoms with Gasteiger partial charge in [0.2, 0.25) is 0 Å². The molecule has 0 bridgehead atoms. The van der Waals surface area contributed by atoms with Crippen LogP contribution in [0.1, 0.15) is 11.1 Å². The van der Waals surface area contributed by atoms with E-state index in [0.29, 0.717) is 12.0 Å². The summed E-state index contributed by atoms with van der Waals surface area (Å²) >= 11 is 0. The van der Waals surface area contributed by atoms with Crippen molar-refractivity contribution in [2.75, 3.05) is 7.11 Å². The van der Waals surface area contributed by atoms with Crippen molar-refractivity contribution < 1.29 is 22.6 Å². The summed E-state index contributed by atoms with van der Waals surface area (Å²) in [5.41, 5.74) is 1.68. The predicted octanol–water partition coefficient (Wildman–Crippen LogP) is 3.98. The van der Waals surface area contributed by atoms with Gasteiger partial charge in [0.1, 0.15) is 11.5 Å². The maximum Gasteiger partial charge on any atom is 0.573 e. The average molecular weight is 281 g/mol. The molecule has 0 fully saturated rings. The van der Waals surface area contributed by atoms with Gasteiger partial charge in [0, 0.05) is 6.07 Å². The van der Waals surface area contributed by atoms with E-state index in [1.54, 1.807) is 25.3 Å². The fraction of sp³-hybridized carbons (Fsp3) is 0.200. The van der Waals surface area contributed by atoms with E-state index in [-0.39, 0.29) is 5.75 Å². The van der Waals surface area contributed by atoms with Gasteiger partial charge in [-0.1, -0.05) is 24.3 Å². The van der Waals surface area contributed by atoms with Gasteiger partial charge in [0.25, 0.3) is 0 Å². The molecule has 2 nitrogen and oxygen atoms in total. The highest BCUT2D eigenvalue weighted by molar-refractivity contribution is 5.34. The van der Waals surface area contributed by atoms with Gasteiger partial charge >= 0.3 is 6.36 Å². The van der Waals surface area contributed by atoms with Crippen molar-refractivity contribution in [1.29, 1.82) is 0 Å². The third kappa shape index (κ3) is 4.19. The third-order valence-electron chi connectivity index (χ3n) is 2.63. The van der Waals surface area contributed by atoms with Crippen LogP contribution in [0.5, 0.6) is 11.5 Å². The lowest BCUT2D eigenvalue weighted by atomic mass is 10.0. The Hall–Kier alpha value is -2.17. The van der Waals surface area contributed by atoms with Crippen molar-refractivity contribution in [2.45, 2.75) is 12.8 Å². The molecule has 0 atom stereocenters. The van der Waals surface area contributed by atoms with Crippen LogP contribution >= 0.6 is 0 Å². The van der Waals surface area contributed by atoms with E-state index in [1.807, 2.05) is 12.1 Å². The van der Waals surface area contributed by atoms with Gasteiger partial charge in [-0.2, -0.15) is 0 Å². The van der Waals surface area contributed by atoms with Crippen LogP contribution in [0.3, 0.4) is 0 Å². The predicted molar refractivity (Wildman–Crippen MR) is 67.8 cm³/mol. The molecule has 0 saturated carbocycles. The zero-order chi connectivity index (χ0) is 14.6. The van der Waals surface area contributed by atoms with Crippen molar-refractivity contribution in [3.05, 3.63) is 59.7 Å². The summed E-state index contributed by atoms with van der Waals surface area (Å²) in [6.07, 6.45) is -4.19. The van der Waals surface area contributed by atoms with Crippen molar-refractivity contribution in [1.82, 2.24) is 0 Å². The largest absolute Gasteiger partial charge is 0.573 e. The number of rotatable bonds is 4. The molecule has 20 heavy (non-hydrogen) atoms. The van der Waals surface area contributed by atoms with Gasteiger partial charge in [-0.05, 0) is 35.7 Å². The summed E-state index contributed by atoms with van der Waals surface area (Å²) in [6, 6.07) is 14.2. The number of benzene rings is 2. The first-order valence-electron chi connectivity index (χ1n) is 5.85. The second-order valence-electron chi connectivity index (χ2n) is 4.13. The minimum absolute atomic E-state index is 0.330. The molecule has 0 saturated heterocycles. The van der Waals surface area contributed by atoms with Crippen LogP contribution in [0.25, 0.3) is 0 Å². The number of hydrogen-bond acceptors (Lipinski definition) is 2. The minimum Gasteiger partial charge on any atom is -0.497 e. The Bertz CT molecular complexity index is 562. The monoisotopic (exact) mass is 281 g/mol. The van der Waals surface area contributed by atoms with E-state index >= 15 is 0 Å². The molecule has 2 aromatic carbocycles. The third-order valence-corrected chi connectivity index (χ3v) is 2.63. The van der Waals surface area contributed by atoms with E-state index in [1.165, 1.54) is 12.1 Å². The van der Waals surface area contributed by atoms with Gasteiger partial charge < -0.3 is 9.47 Å². The summed E-state index contributed by atoms with van der Waals surface area (Å²) in [5, 5.41) is 0. The molecule has 0 aromatic heterocycles. The molecule has 1 radical (unpaired) electrons. The number of alkyl halides is 3. The zero-order valence-corrected chi connectivity index (χ0v) is 10.7. The maximum atomic E-state index is 12.1. The van der Waals surface area contributed by atoms with E-state index in [2.05, 4.69) is 10.8 Å². The van der Waals surface area contributed by atoms with E-state index in [0.717, 1.165) is 11.3 Å². The van der Waals surface area contributed by atoms with Crippen LogP contribution in [0.2, 0.25) is 0 Å². The molecule has 5 heteroatoms. The Morgan fingerprint density at radius 2 is 1.75 bits per heavy atom. The van der Waals surface area contributed by atoms with Crippen molar-refractivity contribution in [3.8, 4) is 11.5 Å². The summed E-state index contributed by atoms with van der Waals surface area (Å²) in [6.45, 7) is 0.